The van der Waals surface area contributed by atoms with E-state index in [-0.39, 0.29) is 24.1 Å². The second-order valence-electron chi connectivity index (χ2n) is 4.85. The topological polar surface area (TPSA) is 73.9 Å². The van der Waals surface area contributed by atoms with E-state index in [9.17, 15) is 9.59 Å². The summed E-state index contributed by atoms with van der Waals surface area (Å²) in [4.78, 5) is 23.9. The Morgan fingerprint density at radius 3 is 2.09 bits per heavy atom. The first-order valence-corrected chi connectivity index (χ1v) is 8.14. The van der Waals surface area contributed by atoms with Crippen molar-refractivity contribution in [3.8, 4) is 11.5 Å². The summed E-state index contributed by atoms with van der Waals surface area (Å²) < 4.78 is 16.0. The van der Waals surface area contributed by atoms with E-state index in [1.54, 1.807) is 0 Å². The van der Waals surface area contributed by atoms with Gasteiger partial charge in [-0.25, -0.2) is 4.79 Å². The van der Waals surface area contributed by atoms with Gasteiger partial charge in [0.05, 0.1) is 19.8 Å². The Balaban J connectivity index is 2.73. The third-order valence-electron chi connectivity index (χ3n) is 3.37. The molecule has 0 radical (unpaired) electrons. The first-order chi connectivity index (χ1) is 11.0. The number of methoxy groups -OCH3 is 2. The molecule has 0 heterocycles. The lowest BCUT2D eigenvalue weighted by Gasteiger charge is -2.15. The van der Waals surface area contributed by atoms with Crippen LogP contribution in [0.1, 0.15) is 37.0 Å². The number of hydrogen-bond donors (Lipinski definition) is 1. The molecule has 0 unspecified atom stereocenters. The van der Waals surface area contributed by atoms with Crippen molar-refractivity contribution >= 4 is 27.8 Å². The van der Waals surface area contributed by atoms with Gasteiger partial charge in [-0.05, 0) is 40.9 Å². The molecule has 0 saturated carbocycles. The maximum atomic E-state index is 12.1. The molecule has 23 heavy (non-hydrogen) atoms. The summed E-state index contributed by atoms with van der Waals surface area (Å²) in [6.07, 6.45) is 1.66. The van der Waals surface area contributed by atoms with Gasteiger partial charge in [0.25, 0.3) is 5.91 Å². The molecule has 0 aliphatic rings. The molecule has 7 heteroatoms. The van der Waals surface area contributed by atoms with Crippen LogP contribution >= 0.6 is 15.9 Å². The van der Waals surface area contributed by atoms with Crippen LogP contribution in [0.3, 0.4) is 0 Å². The predicted molar refractivity (Wildman–Crippen MR) is 90.0 cm³/mol. The first kappa shape index (κ1) is 19.3. The van der Waals surface area contributed by atoms with Crippen molar-refractivity contribution in [3.05, 3.63) is 22.2 Å². The molecule has 0 aromatic heterocycles. The molecule has 1 N–H and O–H groups in total. The summed E-state index contributed by atoms with van der Waals surface area (Å²) in [5.74, 6) is -0.0487. The standard InChI is InChI=1S/C16H22BrNO5/c1-5-11(6-2)18-14(19)9-23-16(20)10-7-12(21-3)15(17)13(8-10)22-4/h7-8,11H,5-6,9H2,1-4H3,(H,18,19). The van der Waals surface area contributed by atoms with Crippen LogP contribution in [0, 0.1) is 0 Å². The van der Waals surface area contributed by atoms with Gasteiger partial charge >= 0.3 is 5.97 Å². The molecule has 1 rings (SSSR count). The van der Waals surface area contributed by atoms with Crippen LogP contribution in [0.4, 0.5) is 0 Å². The fourth-order valence-corrected chi connectivity index (χ4v) is 2.52. The summed E-state index contributed by atoms with van der Waals surface area (Å²) >= 11 is 3.32. The zero-order valence-corrected chi connectivity index (χ0v) is 15.4. The maximum Gasteiger partial charge on any atom is 0.338 e. The molecule has 6 nitrogen and oxygen atoms in total. The summed E-state index contributed by atoms with van der Waals surface area (Å²) in [6.45, 7) is 3.65. The molecule has 1 aromatic carbocycles. The minimum atomic E-state index is -0.617. The first-order valence-electron chi connectivity index (χ1n) is 7.34. The van der Waals surface area contributed by atoms with Crippen molar-refractivity contribution in [3.63, 3.8) is 0 Å². The lowest BCUT2D eigenvalue weighted by Crippen LogP contribution is -2.36. The average molecular weight is 388 g/mol. The van der Waals surface area contributed by atoms with E-state index in [1.165, 1.54) is 26.4 Å². The lowest BCUT2D eigenvalue weighted by molar-refractivity contribution is -0.125. The number of halogens is 1. The van der Waals surface area contributed by atoms with Crippen LogP contribution < -0.4 is 14.8 Å². The van der Waals surface area contributed by atoms with E-state index in [1.807, 2.05) is 13.8 Å². The van der Waals surface area contributed by atoms with E-state index >= 15 is 0 Å². The molecule has 0 spiro atoms. The summed E-state index contributed by atoms with van der Waals surface area (Å²) in [7, 11) is 2.97. The van der Waals surface area contributed by atoms with E-state index in [0.717, 1.165) is 12.8 Å². The largest absolute Gasteiger partial charge is 0.495 e. The molecular formula is C16H22BrNO5. The highest BCUT2D eigenvalue weighted by atomic mass is 79.9. The van der Waals surface area contributed by atoms with Gasteiger partial charge in [-0.2, -0.15) is 0 Å². The third-order valence-corrected chi connectivity index (χ3v) is 4.15. The van der Waals surface area contributed by atoms with Gasteiger partial charge in [0.1, 0.15) is 16.0 Å². The van der Waals surface area contributed by atoms with Crippen molar-refractivity contribution in [1.82, 2.24) is 5.32 Å². The molecule has 0 fully saturated rings. The summed E-state index contributed by atoms with van der Waals surface area (Å²) in [6, 6.07) is 3.13. The summed E-state index contributed by atoms with van der Waals surface area (Å²) in [5, 5.41) is 2.80. The molecule has 0 bridgehead atoms. The number of esters is 1. The Hall–Kier alpha value is -1.76. The molecule has 0 atom stereocenters. The molecule has 1 amide bonds. The number of benzene rings is 1. The fourth-order valence-electron chi connectivity index (χ4n) is 1.96. The van der Waals surface area contributed by atoms with Crippen molar-refractivity contribution in [2.45, 2.75) is 32.7 Å². The van der Waals surface area contributed by atoms with E-state index in [0.29, 0.717) is 16.0 Å². The number of hydrogen-bond acceptors (Lipinski definition) is 5. The van der Waals surface area contributed by atoms with Gasteiger partial charge < -0.3 is 19.5 Å². The van der Waals surface area contributed by atoms with Gasteiger partial charge in [0.15, 0.2) is 6.61 Å². The van der Waals surface area contributed by atoms with Gasteiger partial charge in [-0.3, -0.25) is 4.79 Å². The average Bonchev–Trinajstić information content (AvgIpc) is 2.57. The monoisotopic (exact) mass is 387 g/mol. The van der Waals surface area contributed by atoms with Crippen molar-refractivity contribution in [1.29, 1.82) is 0 Å². The predicted octanol–water partition coefficient (Wildman–Crippen LogP) is 2.93. The van der Waals surface area contributed by atoms with Crippen LogP contribution in [0.2, 0.25) is 0 Å². The number of amides is 1. The van der Waals surface area contributed by atoms with Crippen LogP contribution in [0.25, 0.3) is 0 Å². The second kappa shape index (κ2) is 9.39. The van der Waals surface area contributed by atoms with E-state index in [2.05, 4.69) is 21.2 Å². The molecule has 0 aliphatic heterocycles. The maximum absolute atomic E-state index is 12.1. The summed E-state index contributed by atoms with van der Waals surface area (Å²) in [5.41, 5.74) is 0.247. The zero-order chi connectivity index (χ0) is 17.4. The Morgan fingerprint density at radius 1 is 1.13 bits per heavy atom. The Morgan fingerprint density at radius 2 is 1.65 bits per heavy atom. The van der Waals surface area contributed by atoms with Gasteiger partial charge in [0, 0.05) is 6.04 Å². The number of rotatable bonds is 8. The second-order valence-corrected chi connectivity index (χ2v) is 5.64. The number of nitrogens with one attached hydrogen (secondary N) is 1. The van der Waals surface area contributed by atoms with Gasteiger partial charge in [-0.15, -0.1) is 0 Å². The molecule has 1 aromatic rings. The Labute approximate surface area is 144 Å². The number of ether oxygens (including phenoxy) is 3. The molecule has 0 saturated heterocycles. The fraction of sp³-hybridized carbons (Fsp3) is 0.500. The van der Waals surface area contributed by atoms with Gasteiger partial charge in [0.2, 0.25) is 0 Å². The minimum Gasteiger partial charge on any atom is -0.495 e. The smallest absolute Gasteiger partial charge is 0.338 e. The van der Waals surface area contributed by atoms with Crippen molar-refractivity contribution < 1.29 is 23.8 Å². The minimum absolute atomic E-state index is 0.0917. The Kier molecular flexibility index (Phi) is 7.88. The van der Waals surface area contributed by atoms with Crippen LogP contribution in [0.15, 0.2) is 16.6 Å². The SMILES string of the molecule is CCC(CC)NC(=O)COC(=O)c1cc(OC)c(Br)c(OC)c1. The Bertz CT molecular complexity index is 532. The zero-order valence-electron chi connectivity index (χ0n) is 13.8. The highest BCUT2D eigenvalue weighted by Crippen LogP contribution is 2.35. The van der Waals surface area contributed by atoms with Crippen LogP contribution in [-0.2, 0) is 9.53 Å². The number of carbonyl (C=O) groups is 2. The third kappa shape index (κ3) is 5.42. The molecule has 128 valence electrons. The van der Waals surface area contributed by atoms with Crippen LogP contribution in [0.5, 0.6) is 11.5 Å². The number of carbonyl (C=O) groups excluding carboxylic acids is 2. The van der Waals surface area contributed by atoms with Gasteiger partial charge in [-0.1, -0.05) is 13.8 Å². The normalized spacial score (nSPS) is 10.3. The van der Waals surface area contributed by atoms with Crippen molar-refractivity contribution in [2.24, 2.45) is 0 Å². The van der Waals surface area contributed by atoms with E-state index < -0.39 is 5.97 Å². The molecule has 0 aliphatic carbocycles. The van der Waals surface area contributed by atoms with E-state index in [4.69, 9.17) is 14.2 Å². The van der Waals surface area contributed by atoms with Crippen LogP contribution in [-0.4, -0.2) is 38.7 Å². The lowest BCUT2D eigenvalue weighted by atomic mass is 10.2. The molecular weight excluding hydrogens is 366 g/mol. The highest BCUT2D eigenvalue weighted by Gasteiger charge is 2.17. The highest BCUT2D eigenvalue weighted by molar-refractivity contribution is 9.10. The quantitative estimate of drug-likeness (QED) is 0.694. The van der Waals surface area contributed by atoms with Crippen molar-refractivity contribution in [2.75, 3.05) is 20.8 Å².